The van der Waals surface area contributed by atoms with Crippen molar-refractivity contribution in [3.63, 3.8) is 0 Å². The van der Waals surface area contributed by atoms with Crippen LogP contribution in [0.5, 0.6) is 0 Å². The van der Waals surface area contributed by atoms with Crippen LogP contribution in [0.4, 0.5) is 0 Å². The summed E-state index contributed by atoms with van der Waals surface area (Å²) in [5, 5.41) is 4.11. The van der Waals surface area contributed by atoms with Crippen LogP contribution < -0.4 is 5.56 Å². The highest BCUT2D eigenvalue weighted by Crippen LogP contribution is 2.24. The van der Waals surface area contributed by atoms with E-state index in [1.54, 1.807) is 10.9 Å². The Morgan fingerprint density at radius 1 is 1.24 bits per heavy atom. The smallest absolute Gasteiger partial charge is 0.251 e. The maximum Gasteiger partial charge on any atom is 0.251 e. The Labute approximate surface area is 129 Å². The van der Waals surface area contributed by atoms with E-state index in [2.05, 4.69) is 31.0 Å². The number of benzene rings is 1. The molecule has 0 radical (unpaired) electrons. The summed E-state index contributed by atoms with van der Waals surface area (Å²) in [6.07, 6.45) is 3.52. The molecule has 1 aromatic carbocycles. The Hall–Kier alpha value is -2.21. The van der Waals surface area contributed by atoms with Crippen molar-refractivity contribution in [2.75, 3.05) is 0 Å². The molecule has 1 N–H and O–H groups in total. The van der Waals surface area contributed by atoms with E-state index >= 15 is 0 Å². The molecule has 0 atom stereocenters. The van der Waals surface area contributed by atoms with Crippen LogP contribution in [0.15, 0.2) is 45.9 Å². The fourth-order valence-corrected chi connectivity index (χ4v) is 2.41. The predicted molar refractivity (Wildman–Crippen MR) is 84.9 cm³/mol. The number of hydrogen-bond acceptors (Lipinski definition) is 3. The molecular formula is C15H13BrN4O. The van der Waals surface area contributed by atoms with E-state index in [0.717, 1.165) is 21.2 Å². The maximum atomic E-state index is 11.9. The van der Waals surface area contributed by atoms with Crippen LogP contribution in [-0.4, -0.2) is 19.7 Å². The molecule has 0 fully saturated rings. The Bertz CT molecular complexity index is 866. The number of rotatable bonds is 2. The largest absolute Gasteiger partial charge is 0.306 e. The zero-order valence-corrected chi connectivity index (χ0v) is 13.2. The zero-order valence-electron chi connectivity index (χ0n) is 11.6. The van der Waals surface area contributed by atoms with Gasteiger partial charge >= 0.3 is 0 Å². The molecule has 106 valence electrons. The van der Waals surface area contributed by atoms with Crippen molar-refractivity contribution >= 4 is 15.9 Å². The first kappa shape index (κ1) is 13.8. The first-order chi connectivity index (χ1) is 10.0. The van der Waals surface area contributed by atoms with Crippen molar-refractivity contribution < 1.29 is 0 Å². The summed E-state index contributed by atoms with van der Waals surface area (Å²) in [6, 6.07) is 7.34. The van der Waals surface area contributed by atoms with Gasteiger partial charge in [0.25, 0.3) is 5.56 Å². The first-order valence-electron chi connectivity index (χ1n) is 6.40. The van der Waals surface area contributed by atoms with E-state index in [1.807, 2.05) is 38.4 Å². The van der Waals surface area contributed by atoms with Gasteiger partial charge in [0.2, 0.25) is 0 Å². The van der Waals surface area contributed by atoms with Gasteiger partial charge in [0, 0.05) is 34.9 Å². The van der Waals surface area contributed by atoms with Gasteiger partial charge in [-0.05, 0) is 18.6 Å². The van der Waals surface area contributed by atoms with Gasteiger partial charge in [0.05, 0.1) is 11.9 Å². The lowest BCUT2D eigenvalue weighted by Crippen LogP contribution is -2.08. The number of hydrogen-bond donors (Lipinski definition) is 1. The third kappa shape index (κ3) is 2.80. The highest BCUT2D eigenvalue weighted by atomic mass is 79.9. The van der Waals surface area contributed by atoms with Crippen molar-refractivity contribution in [3.05, 3.63) is 57.0 Å². The minimum atomic E-state index is -0.185. The number of aromatic amines is 1. The second kappa shape index (κ2) is 5.29. The topological polar surface area (TPSA) is 63.6 Å². The van der Waals surface area contributed by atoms with Crippen LogP contribution in [-0.2, 0) is 7.05 Å². The highest BCUT2D eigenvalue weighted by molar-refractivity contribution is 9.10. The molecule has 0 bridgehead atoms. The molecule has 0 aliphatic carbocycles. The SMILES string of the molecule is Cc1ccc(-c2nc(-c3cnn(C)c3)cc(=O)[nH]2)cc1Br. The van der Waals surface area contributed by atoms with Gasteiger partial charge < -0.3 is 4.98 Å². The molecule has 0 unspecified atom stereocenters. The van der Waals surface area contributed by atoms with Gasteiger partial charge in [-0.15, -0.1) is 0 Å². The van der Waals surface area contributed by atoms with Gasteiger partial charge in [-0.2, -0.15) is 5.10 Å². The van der Waals surface area contributed by atoms with Gasteiger partial charge in [0.15, 0.2) is 0 Å². The fourth-order valence-electron chi connectivity index (χ4n) is 2.04. The van der Waals surface area contributed by atoms with Crippen LogP contribution in [0.2, 0.25) is 0 Å². The lowest BCUT2D eigenvalue weighted by Gasteiger charge is -2.05. The van der Waals surface area contributed by atoms with E-state index in [1.165, 1.54) is 6.07 Å². The second-order valence-electron chi connectivity index (χ2n) is 4.85. The number of nitrogens with one attached hydrogen (secondary N) is 1. The molecule has 0 amide bonds. The average molecular weight is 345 g/mol. The number of aromatic nitrogens is 4. The molecule has 0 saturated heterocycles. The highest BCUT2D eigenvalue weighted by Gasteiger charge is 2.08. The Morgan fingerprint density at radius 2 is 2.05 bits per heavy atom. The van der Waals surface area contributed by atoms with Gasteiger partial charge in [0.1, 0.15) is 5.82 Å². The van der Waals surface area contributed by atoms with E-state index in [9.17, 15) is 4.79 Å². The van der Waals surface area contributed by atoms with E-state index in [4.69, 9.17) is 0 Å². The summed E-state index contributed by atoms with van der Waals surface area (Å²) in [6.45, 7) is 2.01. The lowest BCUT2D eigenvalue weighted by molar-refractivity contribution is 0.768. The second-order valence-corrected chi connectivity index (χ2v) is 5.70. The minimum Gasteiger partial charge on any atom is -0.306 e. The first-order valence-corrected chi connectivity index (χ1v) is 7.19. The Kier molecular flexibility index (Phi) is 3.47. The average Bonchev–Trinajstić information content (AvgIpc) is 2.88. The molecular weight excluding hydrogens is 332 g/mol. The zero-order chi connectivity index (χ0) is 15.0. The molecule has 0 aliphatic heterocycles. The minimum absolute atomic E-state index is 0.185. The number of aryl methyl sites for hydroxylation is 2. The summed E-state index contributed by atoms with van der Waals surface area (Å²) in [5.41, 5.74) is 3.23. The molecule has 21 heavy (non-hydrogen) atoms. The standard InChI is InChI=1S/C15H13BrN4O/c1-9-3-4-10(5-12(9)16)15-18-13(6-14(21)19-15)11-7-17-20(2)8-11/h3-8H,1-2H3,(H,18,19,21). The monoisotopic (exact) mass is 344 g/mol. The van der Waals surface area contributed by atoms with Crippen LogP contribution >= 0.6 is 15.9 Å². The van der Waals surface area contributed by atoms with E-state index < -0.39 is 0 Å². The third-order valence-corrected chi connectivity index (χ3v) is 4.04. The lowest BCUT2D eigenvalue weighted by atomic mass is 10.1. The van der Waals surface area contributed by atoms with Crippen molar-refractivity contribution in [2.24, 2.45) is 7.05 Å². The maximum absolute atomic E-state index is 11.9. The summed E-state index contributed by atoms with van der Waals surface area (Å²) in [7, 11) is 1.83. The number of halogens is 1. The molecule has 5 nitrogen and oxygen atoms in total. The summed E-state index contributed by atoms with van der Waals surface area (Å²) < 4.78 is 2.66. The predicted octanol–water partition coefficient (Wildman–Crippen LogP) is 2.91. The van der Waals surface area contributed by atoms with Gasteiger partial charge in [-0.1, -0.05) is 28.1 Å². The van der Waals surface area contributed by atoms with Crippen molar-refractivity contribution in [3.8, 4) is 22.6 Å². The normalized spacial score (nSPS) is 10.8. The molecule has 3 rings (SSSR count). The Balaban J connectivity index is 2.13. The van der Waals surface area contributed by atoms with Crippen molar-refractivity contribution in [1.29, 1.82) is 0 Å². The molecule has 2 aromatic heterocycles. The summed E-state index contributed by atoms with van der Waals surface area (Å²) in [5.74, 6) is 0.544. The van der Waals surface area contributed by atoms with Gasteiger partial charge in [-0.25, -0.2) is 4.98 Å². The van der Waals surface area contributed by atoms with E-state index in [0.29, 0.717) is 11.5 Å². The molecule has 6 heteroatoms. The molecule has 3 aromatic rings. The molecule has 0 spiro atoms. The van der Waals surface area contributed by atoms with Crippen molar-refractivity contribution in [2.45, 2.75) is 6.92 Å². The molecule has 0 aliphatic rings. The number of nitrogens with zero attached hydrogens (tertiary/aromatic N) is 3. The van der Waals surface area contributed by atoms with Gasteiger partial charge in [-0.3, -0.25) is 9.48 Å². The summed E-state index contributed by atoms with van der Waals surface area (Å²) >= 11 is 3.50. The van der Waals surface area contributed by atoms with Crippen LogP contribution in [0.1, 0.15) is 5.56 Å². The Morgan fingerprint density at radius 3 is 2.71 bits per heavy atom. The van der Waals surface area contributed by atoms with Crippen molar-refractivity contribution in [1.82, 2.24) is 19.7 Å². The fraction of sp³-hybridized carbons (Fsp3) is 0.133. The summed E-state index contributed by atoms with van der Waals surface area (Å²) in [4.78, 5) is 19.2. The van der Waals surface area contributed by atoms with Crippen LogP contribution in [0.3, 0.4) is 0 Å². The number of H-pyrrole nitrogens is 1. The van der Waals surface area contributed by atoms with Crippen LogP contribution in [0, 0.1) is 6.92 Å². The third-order valence-electron chi connectivity index (χ3n) is 3.19. The van der Waals surface area contributed by atoms with Crippen LogP contribution in [0.25, 0.3) is 22.6 Å². The molecule has 0 saturated carbocycles. The molecule has 2 heterocycles. The quantitative estimate of drug-likeness (QED) is 0.777. The van der Waals surface area contributed by atoms with E-state index in [-0.39, 0.29) is 5.56 Å².